The first-order valence-corrected chi connectivity index (χ1v) is 8.12. The van der Waals surface area contributed by atoms with E-state index in [-0.39, 0.29) is 4.90 Å². The normalized spacial score (nSPS) is 14.9. The van der Waals surface area contributed by atoms with Gasteiger partial charge in [0.15, 0.2) is 0 Å². The minimum absolute atomic E-state index is 0.196. The van der Waals surface area contributed by atoms with Crippen molar-refractivity contribution in [2.24, 2.45) is 4.40 Å². The lowest BCUT2D eigenvalue weighted by molar-refractivity contribution is 0.520. The van der Waals surface area contributed by atoms with E-state index in [1.54, 1.807) is 19.1 Å². The molecule has 5 nitrogen and oxygen atoms in total. The summed E-state index contributed by atoms with van der Waals surface area (Å²) < 4.78 is 40.0. The van der Waals surface area contributed by atoms with E-state index >= 15 is 0 Å². The highest BCUT2D eigenvalue weighted by atomic mass is 32.2. The zero-order valence-electron chi connectivity index (χ0n) is 10.7. The summed E-state index contributed by atoms with van der Waals surface area (Å²) in [7, 11) is -0.506. The molecule has 0 saturated heterocycles. The Hall–Kier alpha value is -0.890. The Kier molecular flexibility index (Phi) is 4.92. The molecule has 0 amide bonds. The van der Waals surface area contributed by atoms with Gasteiger partial charge in [0, 0.05) is 19.7 Å². The topological polar surface area (TPSA) is 72.8 Å². The molecule has 1 atom stereocenters. The van der Waals surface area contributed by atoms with Crippen LogP contribution >= 0.6 is 0 Å². The van der Waals surface area contributed by atoms with E-state index in [0.717, 1.165) is 4.31 Å². The van der Waals surface area contributed by atoms with Gasteiger partial charge in [0.05, 0.1) is 22.0 Å². The van der Waals surface area contributed by atoms with Gasteiger partial charge in [-0.3, -0.25) is 0 Å². The largest absolute Gasteiger partial charge is 0.592 e. The molecule has 0 aliphatic rings. The molecule has 18 heavy (non-hydrogen) atoms. The first kappa shape index (κ1) is 15.2. The van der Waals surface area contributed by atoms with Crippen LogP contribution in [0.4, 0.5) is 0 Å². The molecule has 100 valence electrons. The first-order chi connectivity index (χ1) is 8.25. The maximum absolute atomic E-state index is 12.0. The summed E-state index contributed by atoms with van der Waals surface area (Å²) in [4.78, 5) is 0.196. The second-order valence-electron chi connectivity index (χ2n) is 3.92. The van der Waals surface area contributed by atoms with Crippen LogP contribution in [0, 0.1) is 0 Å². The lowest BCUT2D eigenvalue weighted by Gasteiger charge is -2.12. The predicted molar refractivity (Wildman–Crippen MR) is 73.6 cm³/mol. The van der Waals surface area contributed by atoms with Gasteiger partial charge in [0.1, 0.15) is 6.26 Å². The maximum atomic E-state index is 12.0. The highest BCUT2D eigenvalue weighted by Gasteiger charge is 2.17. The molecule has 0 radical (unpaired) electrons. The van der Waals surface area contributed by atoms with Crippen molar-refractivity contribution in [3.8, 4) is 0 Å². The number of hydrogen-bond acceptors (Lipinski definition) is 4. The molecule has 7 heteroatoms. The van der Waals surface area contributed by atoms with Crippen LogP contribution < -0.4 is 0 Å². The van der Waals surface area contributed by atoms with Crippen molar-refractivity contribution < 1.29 is 13.0 Å². The number of rotatable bonds is 4. The minimum atomic E-state index is -3.46. The Bertz CT molecular complexity index is 551. The highest BCUT2D eigenvalue weighted by Crippen LogP contribution is 2.15. The maximum Gasteiger partial charge on any atom is 0.242 e. The van der Waals surface area contributed by atoms with Gasteiger partial charge >= 0.3 is 0 Å². The van der Waals surface area contributed by atoms with E-state index in [4.69, 9.17) is 0 Å². The van der Waals surface area contributed by atoms with E-state index in [2.05, 4.69) is 4.40 Å². The lowest BCUT2D eigenvalue weighted by Crippen LogP contribution is -2.22. The van der Waals surface area contributed by atoms with Crippen molar-refractivity contribution in [1.82, 2.24) is 4.31 Å². The van der Waals surface area contributed by atoms with Crippen molar-refractivity contribution in [3.63, 3.8) is 0 Å². The molecule has 1 rings (SSSR count). The molecule has 0 N–H and O–H groups in total. The van der Waals surface area contributed by atoms with Crippen molar-refractivity contribution in [2.45, 2.75) is 11.8 Å². The van der Waals surface area contributed by atoms with Gasteiger partial charge in [-0.05, 0) is 19.1 Å². The van der Waals surface area contributed by atoms with Crippen LogP contribution in [0.25, 0.3) is 0 Å². The van der Waals surface area contributed by atoms with Crippen LogP contribution in [0.3, 0.4) is 0 Å². The molecule has 0 bridgehead atoms. The van der Waals surface area contributed by atoms with Gasteiger partial charge in [-0.2, -0.15) is 0 Å². The fourth-order valence-corrected chi connectivity index (χ4v) is 2.78. The van der Waals surface area contributed by atoms with Crippen molar-refractivity contribution in [2.75, 3.05) is 20.4 Å². The number of sulfonamides is 1. The third-order valence-electron chi connectivity index (χ3n) is 2.30. The SMILES string of the molecule is CC(=N[S+](C)[O-])c1cccc(S(=O)(=O)N(C)C)c1. The fraction of sp³-hybridized carbons (Fsp3) is 0.364. The lowest BCUT2D eigenvalue weighted by atomic mass is 10.1. The zero-order chi connectivity index (χ0) is 13.9. The smallest absolute Gasteiger partial charge is 0.242 e. The average molecular weight is 288 g/mol. The first-order valence-electron chi connectivity index (χ1n) is 5.17. The molecular formula is C11H16N2O3S2. The van der Waals surface area contributed by atoms with Crippen LogP contribution in [0.2, 0.25) is 0 Å². The third-order valence-corrected chi connectivity index (χ3v) is 4.64. The van der Waals surface area contributed by atoms with E-state index in [1.165, 1.54) is 32.5 Å². The quantitative estimate of drug-likeness (QED) is 0.614. The molecule has 1 aromatic carbocycles. The Labute approximate surface area is 111 Å². The van der Waals surface area contributed by atoms with Gasteiger partial charge in [-0.25, -0.2) is 12.7 Å². The van der Waals surface area contributed by atoms with Gasteiger partial charge in [0.2, 0.25) is 10.0 Å². The summed E-state index contributed by atoms with van der Waals surface area (Å²) in [6, 6.07) is 6.43. The van der Waals surface area contributed by atoms with Crippen molar-refractivity contribution >= 4 is 27.1 Å². The van der Waals surface area contributed by atoms with E-state index in [0.29, 0.717) is 11.3 Å². The van der Waals surface area contributed by atoms with Crippen molar-refractivity contribution in [3.05, 3.63) is 29.8 Å². The summed E-state index contributed by atoms with van der Waals surface area (Å²) in [5, 5.41) is 0. The average Bonchev–Trinajstić information content (AvgIpc) is 2.28. The predicted octanol–water partition coefficient (Wildman–Crippen LogP) is 1.04. The van der Waals surface area contributed by atoms with Crippen LogP contribution in [0.15, 0.2) is 33.6 Å². The van der Waals surface area contributed by atoms with E-state index in [1.807, 2.05) is 0 Å². The molecule has 1 unspecified atom stereocenters. The van der Waals surface area contributed by atoms with E-state index in [9.17, 15) is 13.0 Å². The van der Waals surface area contributed by atoms with Crippen LogP contribution in [-0.2, 0) is 21.4 Å². The second-order valence-corrected chi connectivity index (χ2v) is 7.10. The van der Waals surface area contributed by atoms with Crippen LogP contribution in [-0.4, -0.2) is 43.3 Å². The fourth-order valence-electron chi connectivity index (χ4n) is 1.34. The van der Waals surface area contributed by atoms with E-state index < -0.39 is 21.4 Å². The van der Waals surface area contributed by atoms with Gasteiger partial charge in [-0.15, -0.1) is 0 Å². The Balaban J connectivity index is 3.23. The molecule has 0 aliphatic carbocycles. The molecule has 0 fully saturated rings. The third kappa shape index (κ3) is 3.55. The number of benzene rings is 1. The van der Waals surface area contributed by atoms with Gasteiger partial charge < -0.3 is 4.55 Å². The minimum Gasteiger partial charge on any atom is -0.592 e. The molecule has 0 aromatic heterocycles. The van der Waals surface area contributed by atoms with Gasteiger partial charge in [-0.1, -0.05) is 16.5 Å². The number of nitrogens with zero attached hydrogens (tertiary/aromatic N) is 2. The summed E-state index contributed by atoms with van der Waals surface area (Å²) in [5.41, 5.74) is 1.19. The highest BCUT2D eigenvalue weighted by molar-refractivity contribution is 7.89. The zero-order valence-corrected chi connectivity index (χ0v) is 12.4. The molecule has 0 saturated carbocycles. The summed E-state index contributed by atoms with van der Waals surface area (Å²) >= 11 is -1.30. The summed E-state index contributed by atoms with van der Waals surface area (Å²) in [5.74, 6) is 0. The molecular weight excluding hydrogens is 272 g/mol. The second kappa shape index (κ2) is 5.83. The summed E-state index contributed by atoms with van der Waals surface area (Å²) in [6.07, 6.45) is 1.46. The molecule has 0 heterocycles. The van der Waals surface area contributed by atoms with Crippen LogP contribution in [0.5, 0.6) is 0 Å². The molecule has 1 aromatic rings. The monoisotopic (exact) mass is 288 g/mol. The molecule has 0 aliphatic heterocycles. The Morgan fingerprint density at radius 2 is 2.00 bits per heavy atom. The molecule has 0 spiro atoms. The number of hydrogen-bond donors (Lipinski definition) is 0. The summed E-state index contributed by atoms with van der Waals surface area (Å²) in [6.45, 7) is 1.70. The van der Waals surface area contributed by atoms with Crippen molar-refractivity contribution in [1.29, 1.82) is 0 Å². The Morgan fingerprint density at radius 1 is 1.39 bits per heavy atom. The Morgan fingerprint density at radius 3 is 2.50 bits per heavy atom. The van der Waals surface area contributed by atoms with Crippen LogP contribution in [0.1, 0.15) is 12.5 Å². The van der Waals surface area contributed by atoms with Gasteiger partial charge in [0.25, 0.3) is 0 Å². The standard InChI is InChI=1S/C11H16N2O3S2/c1-9(12-17(4)14)10-6-5-7-11(8-10)18(15,16)13(2)3/h5-8H,1-4H3.